The predicted molar refractivity (Wildman–Crippen MR) is 101 cm³/mol. The van der Waals surface area contributed by atoms with Gasteiger partial charge in [0.1, 0.15) is 6.54 Å². The maximum absolute atomic E-state index is 12.7. The number of hydrogen-bond donors (Lipinski definition) is 3. The molecule has 0 saturated heterocycles. The van der Waals surface area contributed by atoms with Crippen LogP contribution in [0.1, 0.15) is 24.1 Å². The van der Waals surface area contributed by atoms with Gasteiger partial charge >= 0.3 is 6.03 Å². The molecule has 132 valence electrons. The largest absolute Gasteiger partial charge is 0.338 e. The van der Waals surface area contributed by atoms with Gasteiger partial charge in [0.05, 0.1) is 7.05 Å². The van der Waals surface area contributed by atoms with Crippen LogP contribution in [0.4, 0.5) is 4.79 Å². The molecule has 1 unspecified atom stereocenters. The number of carbonyl (C=O) groups is 2. The molecule has 2 aromatic rings. The Morgan fingerprint density at radius 2 is 1.72 bits per heavy atom. The summed E-state index contributed by atoms with van der Waals surface area (Å²) in [6, 6.07) is 16.5. The lowest BCUT2D eigenvalue weighted by atomic mass is 10.0. The summed E-state index contributed by atoms with van der Waals surface area (Å²) >= 11 is 3.55. The van der Waals surface area contributed by atoms with Gasteiger partial charge in [-0.2, -0.15) is 0 Å². The Bertz CT molecular complexity index is 722. The van der Waals surface area contributed by atoms with Crippen LogP contribution in [0.2, 0.25) is 0 Å². The molecule has 2 atom stereocenters. The summed E-state index contributed by atoms with van der Waals surface area (Å²) in [7, 11) is 1.95. The minimum absolute atomic E-state index is 0.318. The fourth-order valence-corrected chi connectivity index (χ4v) is 3.16. The average Bonchev–Trinajstić information content (AvgIpc) is 2.58. The van der Waals surface area contributed by atoms with E-state index in [0.29, 0.717) is 13.1 Å². The highest BCUT2D eigenvalue weighted by molar-refractivity contribution is 9.10. The van der Waals surface area contributed by atoms with Crippen LogP contribution in [0.25, 0.3) is 0 Å². The van der Waals surface area contributed by atoms with Gasteiger partial charge in [0.25, 0.3) is 5.91 Å². The lowest BCUT2D eigenvalue weighted by Crippen LogP contribution is -3.09. The summed E-state index contributed by atoms with van der Waals surface area (Å²) in [6.07, 6.45) is 0. The number of urea groups is 1. The van der Waals surface area contributed by atoms with Crippen molar-refractivity contribution in [2.75, 3.05) is 13.6 Å². The Balaban J connectivity index is 2.23. The zero-order chi connectivity index (χ0) is 18.2. The van der Waals surface area contributed by atoms with Gasteiger partial charge in [0.2, 0.25) is 0 Å². The number of quaternary nitrogens is 1. The molecule has 0 bridgehead atoms. The first-order chi connectivity index (χ1) is 12.0. The number of hydrogen-bond acceptors (Lipinski definition) is 2. The summed E-state index contributed by atoms with van der Waals surface area (Å²) in [5, 5.41) is 5.03. The van der Waals surface area contributed by atoms with Crippen molar-refractivity contribution in [2.45, 2.75) is 19.5 Å². The van der Waals surface area contributed by atoms with Gasteiger partial charge in [-0.1, -0.05) is 64.5 Å². The second kappa shape index (κ2) is 9.34. The molecule has 25 heavy (non-hydrogen) atoms. The third-order valence-electron chi connectivity index (χ3n) is 3.89. The maximum atomic E-state index is 12.7. The number of rotatable bonds is 6. The van der Waals surface area contributed by atoms with E-state index >= 15 is 0 Å². The molecule has 6 heteroatoms. The minimum Gasteiger partial charge on any atom is -0.338 e. The third kappa shape index (κ3) is 5.41. The van der Waals surface area contributed by atoms with E-state index in [4.69, 9.17) is 0 Å². The summed E-state index contributed by atoms with van der Waals surface area (Å²) in [6.45, 7) is 2.92. The van der Waals surface area contributed by atoms with E-state index in [1.54, 1.807) is 0 Å². The van der Waals surface area contributed by atoms with Crippen molar-refractivity contribution in [2.24, 2.45) is 0 Å². The second-order valence-electron chi connectivity index (χ2n) is 5.81. The van der Waals surface area contributed by atoms with E-state index in [9.17, 15) is 9.59 Å². The highest BCUT2D eigenvalue weighted by Gasteiger charge is 2.30. The van der Waals surface area contributed by atoms with Crippen molar-refractivity contribution in [3.63, 3.8) is 0 Å². The fraction of sp³-hybridized carbons (Fsp3) is 0.263. The molecule has 0 fully saturated rings. The van der Waals surface area contributed by atoms with Crippen molar-refractivity contribution >= 4 is 27.9 Å². The lowest BCUT2D eigenvalue weighted by molar-refractivity contribution is -0.916. The Hall–Kier alpha value is -2.18. The Labute approximate surface area is 156 Å². The van der Waals surface area contributed by atoms with Crippen LogP contribution >= 0.6 is 15.9 Å². The number of halogens is 1. The number of likely N-dealkylation sites (N-methyl/N-ethyl adjacent to an activating group) is 1. The number of imide groups is 1. The number of amides is 3. The van der Waals surface area contributed by atoms with Crippen LogP contribution in [0.15, 0.2) is 59.1 Å². The molecule has 0 heterocycles. The summed E-state index contributed by atoms with van der Waals surface area (Å²) in [5.74, 6) is -0.318. The first kappa shape index (κ1) is 19.1. The molecule has 0 radical (unpaired) electrons. The molecule has 2 rings (SSSR count). The molecule has 0 aliphatic rings. The monoisotopic (exact) mass is 404 g/mol. The Kier molecular flexibility index (Phi) is 7.16. The maximum Gasteiger partial charge on any atom is 0.321 e. The number of benzene rings is 2. The van der Waals surface area contributed by atoms with Gasteiger partial charge in [-0.3, -0.25) is 10.1 Å². The van der Waals surface area contributed by atoms with E-state index in [-0.39, 0.29) is 5.91 Å². The van der Waals surface area contributed by atoms with Gasteiger partial charge in [0, 0.05) is 22.1 Å². The van der Waals surface area contributed by atoms with Crippen molar-refractivity contribution < 1.29 is 14.5 Å². The predicted octanol–water partition coefficient (Wildman–Crippen LogP) is 2.05. The zero-order valence-corrected chi connectivity index (χ0v) is 16.0. The molecule has 0 aliphatic heterocycles. The second-order valence-corrected chi connectivity index (χ2v) is 6.66. The molecule has 3 amide bonds. The van der Waals surface area contributed by atoms with Gasteiger partial charge in [-0.25, -0.2) is 4.79 Å². The molecule has 0 spiro atoms. The van der Waals surface area contributed by atoms with Gasteiger partial charge in [-0.05, 0) is 13.0 Å². The smallest absolute Gasteiger partial charge is 0.321 e. The summed E-state index contributed by atoms with van der Waals surface area (Å²) in [4.78, 5) is 25.5. The highest BCUT2D eigenvalue weighted by atomic mass is 79.9. The molecule has 3 N–H and O–H groups in total. The standard InChI is InChI=1S/C19H22BrN3O2/c1-3-21-19(25)22-18(24)17(14-9-5-4-6-10-14)23(2)13-15-11-7-8-12-16(15)20/h4-12,17H,3,13H2,1-2H3,(H2,21,22,24,25)/p+1/t17-/m1/s1. The average molecular weight is 405 g/mol. The minimum atomic E-state index is -0.490. The first-order valence-electron chi connectivity index (χ1n) is 8.22. The Morgan fingerprint density at radius 3 is 2.36 bits per heavy atom. The molecule has 5 nitrogen and oxygen atoms in total. The van der Waals surface area contributed by atoms with Gasteiger partial charge in [-0.15, -0.1) is 0 Å². The molecule has 0 aromatic heterocycles. The molecule has 2 aromatic carbocycles. The fourth-order valence-electron chi connectivity index (χ4n) is 2.74. The third-order valence-corrected chi connectivity index (χ3v) is 4.66. The van der Waals surface area contributed by atoms with E-state index in [0.717, 1.165) is 20.5 Å². The molecule has 0 saturated carbocycles. The highest BCUT2D eigenvalue weighted by Crippen LogP contribution is 2.16. The number of carbonyl (C=O) groups excluding carboxylic acids is 2. The zero-order valence-electron chi connectivity index (χ0n) is 14.4. The van der Waals surface area contributed by atoms with E-state index < -0.39 is 12.1 Å². The normalized spacial score (nSPS) is 12.9. The van der Waals surface area contributed by atoms with Gasteiger partial charge in [0.15, 0.2) is 6.04 Å². The van der Waals surface area contributed by atoms with Crippen molar-refractivity contribution in [3.8, 4) is 0 Å². The van der Waals surface area contributed by atoms with Crippen molar-refractivity contribution in [3.05, 3.63) is 70.2 Å². The van der Waals surface area contributed by atoms with Crippen LogP contribution in [-0.2, 0) is 11.3 Å². The SMILES string of the molecule is CCNC(=O)NC(=O)[C@@H](c1ccccc1)[NH+](C)Cc1ccccc1Br. The molecular weight excluding hydrogens is 382 g/mol. The molecular formula is C19H23BrN3O2+. The van der Waals surface area contributed by atoms with Crippen molar-refractivity contribution in [1.82, 2.24) is 10.6 Å². The first-order valence-corrected chi connectivity index (χ1v) is 9.01. The molecule has 0 aliphatic carbocycles. The summed E-state index contributed by atoms with van der Waals surface area (Å²) < 4.78 is 1.00. The van der Waals surface area contributed by atoms with Crippen LogP contribution in [0.3, 0.4) is 0 Å². The quantitative estimate of drug-likeness (QED) is 0.689. The van der Waals surface area contributed by atoms with Crippen LogP contribution < -0.4 is 15.5 Å². The van der Waals surface area contributed by atoms with Crippen LogP contribution in [-0.4, -0.2) is 25.5 Å². The van der Waals surface area contributed by atoms with E-state index in [1.807, 2.05) is 68.6 Å². The lowest BCUT2D eigenvalue weighted by Gasteiger charge is -2.25. The number of nitrogens with one attached hydrogen (secondary N) is 3. The van der Waals surface area contributed by atoms with Crippen LogP contribution in [0, 0.1) is 0 Å². The topological polar surface area (TPSA) is 62.6 Å². The van der Waals surface area contributed by atoms with Crippen LogP contribution in [0.5, 0.6) is 0 Å². The van der Waals surface area contributed by atoms with E-state index in [1.165, 1.54) is 0 Å². The van der Waals surface area contributed by atoms with E-state index in [2.05, 4.69) is 26.6 Å². The van der Waals surface area contributed by atoms with Gasteiger partial charge < -0.3 is 10.2 Å². The Morgan fingerprint density at radius 1 is 1.08 bits per heavy atom. The summed E-state index contributed by atoms with van der Waals surface area (Å²) in [5.41, 5.74) is 1.97. The van der Waals surface area contributed by atoms with Crippen molar-refractivity contribution in [1.29, 1.82) is 0 Å².